The molecular formula is C10H23NSSi. The minimum Gasteiger partial charge on any atom is -0.305 e. The van der Waals surface area contributed by atoms with Crippen LogP contribution in [0.4, 0.5) is 0 Å². The molecule has 0 amide bonds. The van der Waals surface area contributed by atoms with Gasteiger partial charge in [-0.25, -0.2) is 0 Å². The van der Waals surface area contributed by atoms with Crippen LogP contribution in [0, 0.1) is 0 Å². The Morgan fingerprint density at radius 1 is 1.38 bits per heavy atom. The van der Waals surface area contributed by atoms with Crippen molar-refractivity contribution >= 4 is 19.8 Å². The Labute approximate surface area is 88.3 Å². The van der Waals surface area contributed by atoms with Gasteiger partial charge in [0.1, 0.15) is 0 Å². The quantitative estimate of drug-likeness (QED) is 0.669. The van der Waals surface area contributed by atoms with Crippen molar-refractivity contribution < 1.29 is 0 Å². The molecule has 1 nitrogen and oxygen atoms in total. The van der Waals surface area contributed by atoms with Gasteiger partial charge in [-0.2, -0.15) is 11.8 Å². The Balaban J connectivity index is 2.33. The van der Waals surface area contributed by atoms with Gasteiger partial charge >= 0.3 is 0 Å². The summed E-state index contributed by atoms with van der Waals surface area (Å²) in [4.78, 5) is 2.61. The van der Waals surface area contributed by atoms with Crippen molar-refractivity contribution in [3.05, 3.63) is 0 Å². The average molecular weight is 217 g/mol. The van der Waals surface area contributed by atoms with Crippen LogP contribution >= 0.6 is 11.8 Å². The average Bonchev–Trinajstić information content (AvgIpc) is 2.03. The monoisotopic (exact) mass is 217 g/mol. The smallest absolute Gasteiger partial charge is 0.0599 e. The zero-order valence-corrected chi connectivity index (χ0v) is 11.3. The van der Waals surface area contributed by atoms with Gasteiger partial charge in [0.15, 0.2) is 0 Å². The molecule has 0 aliphatic carbocycles. The molecule has 0 saturated carbocycles. The summed E-state index contributed by atoms with van der Waals surface area (Å²) in [7, 11) is 1.43. The second-order valence-corrected chi connectivity index (χ2v) is 11.9. The summed E-state index contributed by atoms with van der Waals surface area (Å²) < 4.78 is 0. The maximum absolute atomic E-state index is 2.61. The SMILES string of the molecule is CN(C[Si](C)(C)C)C1CCCSC1. The highest BCUT2D eigenvalue weighted by Gasteiger charge is 2.23. The third kappa shape index (κ3) is 4.52. The second-order valence-electron chi connectivity index (χ2n) is 5.35. The molecule has 1 atom stereocenters. The van der Waals surface area contributed by atoms with Crippen molar-refractivity contribution in [3.63, 3.8) is 0 Å². The third-order valence-corrected chi connectivity index (χ3v) is 5.13. The summed E-state index contributed by atoms with van der Waals surface area (Å²) in [6, 6.07) is 0.866. The van der Waals surface area contributed by atoms with Crippen molar-refractivity contribution in [3.8, 4) is 0 Å². The fraction of sp³-hybridized carbons (Fsp3) is 1.00. The van der Waals surface area contributed by atoms with E-state index in [4.69, 9.17) is 0 Å². The first-order chi connectivity index (χ1) is 5.99. The van der Waals surface area contributed by atoms with Crippen LogP contribution in [0.25, 0.3) is 0 Å². The van der Waals surface area contributed by atoms with Gasteiger partial charge in [0.2, 0.25) is 0 Å². The number of hydrogen-bond acceptors (Lipinski definition) is 2. The molecule has 78 valence electrons. The van der Waals surface area contributed by atoms with Crippen molar-refractivity contribution in [2.24, 2.45) is 0 Å². The first-order valence-electron chi connectivity index (χ1n) is 5.27. The number of rotatable bonds is 3. The molecule has 1 rings (SSSR count). The summed E-state index contributed by atoms with van der Waals surface area (Å²) in [5.74, 6) is 2.75. The first kappa shape index (κ1) is 11.6. The predicted molar refractivity (Wildman–Crippen MR) is 66.3 cm³/mol. The molecule has 0 aromatic carbocycles. The minimum absolute atomic E-state index is 0.866. The first-order valence-corrected chi connectivity index (χ1v) is 10.1. The molecule has 0 radical (unpaired) electrons. The Morgan fingerprint density at radius 3 is 2.54 bits per heavy atom. The van der Waals surface area contributed by atoms with Gasteiger partial charge < -0.3 is 4.90 Å². The maximum Gasteiger partial charge on any atom is 0.0599 e. The van der Waals surface area contributed by atoms with Gasteiger partial charge in [0.05, 0.1) is 8.07 Å². The van der Waals surface area contributed by atoms with Crippen LogP contribution in [0.3, 0.4) is 0 Å². The van der Waals surface area contributed by atoms with Crippen molar-refractivity contribution in [1.82, 2.24) is 4.90 Å². The van der Waals surface area contributed by atoms with Crippen LogP contribution in [-0.2, 0) is 0 Å². The maximum atomic E-state index is 2.61. The highest BCUT2D eigenvalue weighted by atomic mass is 32.2. The number of nitrogens with zero attached hydrogens (tertiary/aromatic N) is 1. The van der Waals surface area contributed by atoms with E-state index in [-0.39, 0.29) is 0 Å². The summed E-state index contributed by atoms with van der Waals surface area (Å²) >= 11 is 2.13. The van der Waals surface area contributed by atoms with E-state index in [1.54, 1.807) is 0 Å². The van der Waals surface area contributed by atoms with Crippen LogP contribution in [0.5, 0.6) is 0 Å². The van der Waals surface area contributed by atoms with Gasteiger partial charge in [0.25, 0.3) is 0 Å². The predicted octanol–water partition coefficient (Wildman–Crippen LogP) is 2.69. The molecule has 13 heavy (non-hydrogen) atoms. The van der Waals surface area contributed by atoms with Crippen LogP contribution in [0.15, 0.2) is 0 Å². The second kappa shape index (κ2) is 4.85. The summed E-state index contributed by atoms with van der Waals surface area (Å²) in [6.07, 6.45) is 4.21. The molecule has 1 heterocycles. The van der Waals surface area contributed by atoms with E-state index in [9.17, 15) is 0 Å². The Morgan fingerprint density at radius 2 is 2.08 bits per heavy atom. The van der Waals surface area contributed by atoms with Crippen LogP contribution < -0.4 is 0 Å². The molecule has 0 aromatic heterocycles. The molecule has 0 N–H and O–H groups in total. The molecule has 3 heteroatoms. The lowest BCUT2D eigenvalue weighted by molar-refractivity contribution is 0.279. The van der Waals surface area contributed by atoms with E-state index in [0.717, 1.165) is 6.04 Å². The lowest BCUT2D eigenvalue weighted by atomic mass is 10.2. The van der Waals surface area contributed by atoms with E-state index < -0.39 is 8.07 Å². The lowest BCUT2D eigenvalue weighted by Crippen LogP contribution is -2.45. The zero-order chi connectivity index (χ0) is 9.90. The van der Waals surface area contributed by atoms with Crippen LogP contribution in [0.1, 0.15) is 12.8 Å². The molecule has 1 fully saturated rings. The van der Waals surface area contributed by atoms with E-state index in [1.807, 2.05) is 0 Å². The normalized spacial score (nSPS) is 25.2. The molecule has 0 bridgehead atoms. The highest BCUT2D eigenvalue weighted by Crippen LogP contribution is 2.21. The standard InChI is InChI=1S/C10H23NSSi/c1-11(9-13(2,3)4)10-6-5-7-12-8-10/h10H,5-9H2,1-4H3. The summed E-state index contributed by atoms with van der Waals surface area (Å²) in [5.41, 5.74) is 0. The van der Waals surface area contributed by atoms with Gasteiger partial charge in [0, 0.05) is 11.8 Å². The van der Waals surface area contributed by atoms with Crippen molar-refractivity contribution in [2.45, 2.75) is 38.5 Å². The van der Waals surface area contributed by atoms with Crippen LogP contribution in [0.2, 0.25) is 19.6 Å². The van der Waals surface area contributed by atoms with E-state index in [1.165, 1.54) is 30.5 Å². The fourth-order valence-electron chi connectivity index (χ4n) is 1.95. The van der Waals surface area contributed by atoms with E-state index in [0.29, 0.717) is 0 Å². The van der Waals surface area contributed by atoms with Crippen LogP contribution in [-0.4, -0.2) is 43.7 Å². The van der Waals surface area contributed by atoms with E-state index in [2.05, 4.69) is 43.4 Å². The lowest BCUT2D eigenvalue weighted by Gasteiger charge is -2.34. The van der Waals surface area contributed by atoms with Gasteiger partial charge in [-0.05, 0) is 31.8 Å². The number of thioether (sulfide) groups is 1. The molecule has 1 unspecified atom stereocenters. The van der Waals surface area contributed by atoms with Gasteiger partial charge in [-0.3, -0.25) is 0 Å². The number of hydrogen-bond donors (Lipinski definition) is 0. The Bertz CT molecular complexity index is 149. The zero-order valence-electron chi connectivity index (χ0n) is 9.47. The molecule has 1 aliphatic heterocycles. The molecular weight excluding hydrogens is 194 g/mol. The molecule has 1 saturated heterocycles. The van der Waals surface area contributed by atoms with E-state index >= 15 is 0 Å². The summed E-state index contributed by atoms with van der Waals surface area (Å²) in [6.45, 7) is 7.37. The largest absolute Gasteiger partial charge is 0.305 e. The molecule has 0 aromatic rings. The summed E-state index contributed by atoms with van der Waals surface area (Å²) in [5, 5.41) is 0. The Hall–Kier alpha value is 0.527. The fourth-order valence-corrected chi connectivity index (χ4v) is 4.93. The third-order valence-electron chi connectivity index (χ3n) is 2.48. The van der Waals surface area contributed by atoms with Crippen molar-refractivity contribution in [1.29, 1.82) is 0 Å². The topological polar surface area (TPSA) is 3.24 Å². The Kier molecular flexibility index (Phi) is 4.33. The molecule has 0 spiro atoms. The van der Waals surface area contributed by atoms with Gasteiger partial charge in [-0.1, -0.05) is 19.6 Å². The van der Waals surface area contributed by atoms with Gasteiger partial charge in [-0.15, -0.1) is 0 Å². The highest BCUT2D eigenvalue weighted by molar-refractivity contribution is 7.99. The minimum atomic E-state index is -0.888. The molecule has 1 aliphatic rings. The van der Waals surface area contributed by atoms with Crippen molar-refractivity contribution in [2.75, 3.05) is 24.7 Å².